The van der Waals surface area contributed by atoms with Crippen LogP contribution in [0.25, 0.3) is 0 Å². The van der Waals surface area contributed by atoms with Crippen molar-refractivity contribution in [3.05, 3.63) is 88.7 Å². The van der Waals surface area contributed by atoms with E-state index < -0.39 is 11.7 Å². The van der Waals surface area contributed by atoms with E-state index in [1.165, 1.54) is 12.1 Å². The number of nitrogens with one attached hydrogen (secondary N) is 3. The minimum absolute atomic E-state index is 0.0218. The molecule has 8 heteroatoms. The van der Waals surface area contributed by atoms with Crippen molar-refractivity contribution in [1.82, 2.24) is 5.32 Å². The zero-order chi connectivity index (χ0) is 22.9. The van der Waals surface area contributed by atoms with Gasteiger partial charge in [-0.05, 0) is 55.0 Å². The topological polar surface area (TPSA) is 79.5 Å². The molecule has 3 N–H and O–H groups in total. The van der Waals surface area contributed by atoms with E-state index in [1.54, 1.807) is 24.3 Å². The van der Waals surface area contributed by atoms with Crippen LogP contribution < -0.4 is 20.7 Å². The number of para-hydroxylation sites is 1. The fourth-order valence-corrected chi connectivity index (χ4v) is 3.13. The SMILES string of the molecule is Cc1cccc(OCCNC(=O)CNc2ccccc2C(=O)Nc2ccc(F)cc2Cl)c1. The molecular formula is C24H23ClFN3O3. The molecule has 0 heterocycles. The molecule has 166 valence electrons. The van der Waals surface area contributed by atoms with Gasteiger partial charge in [0.25, 0.3) is 5.91 Å². The van der Waals surface area contributed by atoms with Crippen LogP contribution in [0.2, 0.25) is 5.02 Å². The summed E-state index contributed by atoms with van der Waals surface area (Å²) in [5, 5.41) is 8.46. The van der Waals surface area contributed by atoms with Gasteiger partial charge in [0, 0.05) is 5.69 Å². The molecule has 0 aliphatic rings. The van der Waals surface area contributed by atoms with Gasteiger partial charge in [-0.15, -0.1) is 0 Å². The number of aryl methyl sites for hydroxylation is 1. The molecule has 6 nitrogen and oxygen atoms in total. The van der Waals surface area contributed by atoms with E-state index in [-0.39, 0.29) is 17.5 Å². The summed E-state index contributed by atoms with van der Waals surface area (Å²) in [4.78, 5) is 24.8. The maximum absolute atomic E-state index is 13.2. The highest BCUT2D eigenvalue weighted by Crippen LogP contribution is 2.24. The van der Waals surface area contributed by atoms with Crippen LogP contribution in [0.1, 0.15) is 15.9 Å². The maximum atomic E-state index is 13.2. The molecule has 32 heavy (non-hydrogen) atoms. The lowest BCUT2D eigenvalue weighted by atomic mass is 10.1. The van der Waals surface area contributed by atoms with Crippen LogP contribution in [0.15, 0.2) is 66.7 Å². The number of amides is 2. The molecule has 2 amide bonds. The lowest BCUT2D eigenvalue weighted by Crippen LogP contribution is -2.33. The van der Waals surface area contributed by atoms with Crippen LogP contribution in [0.5, 0.6) is 5.75 Å². The summed E-state index contributed by atoms with van der Waals surface area (Å²) in [6.07, 6.45) is 0. The van der Waals surface area contributed by atoms with Gasteiger partial charge in [0.2, 0.25) is 5.91 Å². The van der Waals surface area contributed by atoms with Crippen LogP contribution in [0.4, 0.5) is 15.8 Å². The van der Waals surface area contributed by atoms with Gasteiger partial charge in [-0.25, -0.2) is 4.39 Å². The maximum Gasteiger partial charge on any atom is 0.257 e. The van der Waals surface area contributed by atoms with Gasteiger partial charge < -0.3 is 20.7 Å². The molecule has 0 unspecified atom stereocenters. The van der Waals surface area contributed by atoms with Gasteiger partial charge in [0.15, 0.2) is 0 Å². The summed E-state index contributed by atoms with van der Waals surface area (Å²) in [5.41, 5.74) is 2.19. The smallest absolute Gasteiger partial charge is 0.257 e. The highest BCUT2D eigenvalue weighted by Gasteiger charge is 2.14. The van der Waals surface area contributed by atoms with Crippen molar-refractivity contribution in [1.29, 1.82) is 0 Å². The largest absolute Gasteiger partial charge is 0.492 e. The van der Waals surface area contributed by atoms with Gasteiger partial charge >= 0.3 is 0 Å². The summed E-state index contributed by atoms with van der Waals surface area (Å²) in [6, 6.07) is 18.1. The molecule has 0 atom stereocenters. The number of halogens is 2. The minimum atomic E-state index is -0.495. The molecule has 0 saturated heterocycles. The molecule has 3 aromatic rings. The Morgan fingerprint density at radius 3 is 2.59 bits per heavy atom. The molecule has 3 aromatic carbocycles. The van der Waals surface area contributed by atoms with Crippen LogP contribution in [0, 0.1) is 12.7 Å². The molecule has 0 aliphatic carbocycles. The predicted molar refractivity (Wildman–Crippen MR) is 124 cm³/mol. The molecule has 0 radical (unpaired) electrons. The van der Waals surface area contributed by atoms with Crippen molar-refractivity contribution in [2.24, 2.45) is 0 Å². The highest BCUT2D eigenvalue weighted by atomic mass is 35.5. The van der Waals surface area contributed by atoms with Gasteiger partial charge in [0.1, 0.15) is 18.2 Å². The van der Waals surface area contributed by atoms with Crippen molar-refractivity contribution in [2.45, 2.75) is 6.92 Å². The second kappa shape index (κ2) is 11.2. The van der Waals surface area contributed by atoms with E-state index in [2.05, 4.69) is 16.0 Å². The normalized spacial score (nSPS) is 10.3. The second-order valence-corrected chi connectivity index (χ2v) is 7.40. The average molecular weight is 456 g/mol. The van der Waals surface area contributed by atoms with Crippen molar-refractivity contribution >= 4 is 34.8 Å². The first kappa shape index (κ1) is 23.1. The van der Waals surface area contributed by atoms with Gasteiger partial charge in [-0.1, -0.05) is 35.9 Å². The molecule has 0 aliphatic heterocycles. The molecule has 3 rings (SSSR count). The van der Waals surface area contributed by atoms with Crippen LogP contribution in [-0.4, -0.2) is 31.5 Å². The second-order valence-electron chi connectivity index (χ2n) is 6.99. The summed E-state index contributed by atoms with van der Waals surface area (Å²) >= 11 is 5.98. The average Bonchev–Trinajstić information content (AvgIpc) is 2.77. The van der Waals surface area contributed by atoms with Crippen LogP contribution >= 0.6 is 11.6 Å². The lowest BCUT2D eigenvalue weighted by molar-refractivity contribution is -0.119. The Bertz CT molecular complexity index is 1110. The number of benzene rings is 3. The summed E-state index contributed by atoms with van der Waals surface area (Å²) < 4.78 is 18.8. The standard InChI is InChI=1S/C24H23ClFN3O3/c1-16-5-4-6-18(13-16)32-12-11-27-23(30)15-28-21-8-3-2-7-19(21)24(31)29-22-10-9-17(26)14-20(22)25/h2-10,13-14,28H,11-12,15H2,1H3,(H,27,30)(H,29,31). The Morgan fingerprint density at radius 1 is 1.00 bits per heavy atom. The van der Waals surface area contributed by atoms with Crippen LogP contribution in [-0.2, 0) is 4.79 Å². The molecular weight excluding hydrogens is 433 g/mol. The van der Waals surface area contributed by atoms with E-state index in [9.17, 15) is 14.0 Å². The highest BCUT2D eigenvalue weighted by molar-refractivity contribution is 6.34. The number of hydrogen-bond donors (Lipinski definition) is 3. The van der Waals surface area contributed by atoms with Crippen molar-refractivity contribution < 1.29 is 18.7 Å². The third-order valence-electron chi connectivity index (χ3n) is 4.47. The number of rotatable bonds is 9. The molecule has 0 spiro atoms. The molecule has 0 fully saturated rings. The number of carbonyl (C=O) groups excluding carboxylic acids is 2. The van der Waals surface area contributed by atoms with E-state index in [1.807, 2.05) is 31.2 Å². The van der Waals surface area contributed by atoms with E-state index in [0.29, 0.717) is 30.1 Å². The van der Waals surface area contributed by atoms with Crippen molar-refractivity contribution in [2.75, 3.05) is 30.3 Å². The van der Waals surface area contributed by atoms with Gasteiger partial charge in [-0.3, -0.25) is 9.59 Å². The Balaban J connectivity index is 1.49. The van der Waals surface area contributed by atoms with Crippen molar-refractivity contribution in [3.63, 3.8) is 0 Å². The first-order valence-electron chi connectivity index (χ1n) is 9.98. The van der Waals surface area contributed by atoms with Crippen LogP contribution in [0.3, 0.4) is 0 Å². The molecule has 0 saturated carbocycles. The number of ether oxygens (including phenoxy) is 1. The number of anilines is 2. The fraction of sp³-hybridized carbons (Fsp3) is 0.167. The Labute approximate surface area is 190 Å². The quantitative estimate of drug-likeness (QED) is 0.410. The minimum Gasteiger partial charge on any atom is -0.492 e. The fourth-order valence-electron chi connectivity index (χ4n) is 2.92. The predicted octanol–water partition coefficient (Wildman–Crippen LogP) is 4.65. The Kier molecular flexibility index (Phi) is 8.05. The van der Waals surface area contributed by atoms with Crippen molar-refractivity contribution in [3.8, 4) is 5.75 Å². The zero-order valence-electron chi connectivity index (χ0n) is 17.5. The van der Waals surface area contributed by atoms with E-state index in [0.717, 1.165) is 17.4 Å². The molecule has 0 aromatic heterocycles. The van der Waals surface area contributed by atoms with E-state index in [4.69, 9.17) is 16.3 Å². The monoisotopic (exact) mass is 455 g/mol. The Morgan fingerprint density at radius 2 is 1.81 bits per heavy atom. The third kappa shape index (κ3) is 6.72. The van der Waals surface area contributed by atoms with E-state index >= 15 is 0 Å². The first-order valence-corrected chi connectivity index (χ1v) is 10.4. The van der Waals surface area contributed by atoms with Gasteiger partial charge in [-0.2, -0.15) is 0 Å². The lowest BCUT2D eigenvalue weighted by Gasteiger charge is -2.13. The summed E-state index contributed by atoms with van der Waals surface area (Å²) in [6.45, 7) is 2.64. The first-order chi connectivity index (χ1) is 15.4. The molecule has 0 bridgehead atoms. The summed E-state index contributed by atoms with van der Waals surface area (Å²) in [7, 11) is 0. The summed E-state index contributed by atoms with van der Waals surface area (Å²) in [5.74, 6) is -0.424. The number of hydrogen-bond acceptors (Lipinski definition) is 4. The third-order valence-corrected chi connectivity index (χ3v) is 4.79. The van der Waals surface area contributed by atoms with Gasteiger partial charge in [0.05, 0.1) is 29.4 Å². The Hall–Kier alpha value is -3.58. The zero-order valence-corrected chi connectivity index (χ0v) is 18.2. The number of carbonyl (C=O) groups is 2.